The van der Waals surface area contributed by atoms with Crippen LogP contribution in [0.5, 0.6) is 11.6 Å². The molecule has 5 rings (SSSR count). The Balaban J connectivity index is 1.30. The summed E-state index contributed by atoms with van der Waals surface area (Å²) in [6.45, 7) is 8.08. The van der Waals surface area contributed by atoms with E-state index >= 15 is 0 Å². The molecule has 2 aliphatic heterocycles. The first-order valence-electron chi connectivity index (χ1n) is 14.0. The van der Waals surface area contributed by atoms with Crippen LogP contribution in [0.25, 0.3) is 11.1 Å². The second kappa shape index (κ2) is 11.6. The molecule has 0 saturated carbocycles. The Kier molecular flexibility index (Phi) is 8.14. The number of aliphatic carboxylic acids is 1. The van der Waals surface area contributed by atoms with Gasteiger partial charge in [0.05, 0.1) is 11.4 Å². The highest BCUT2D eigenvalue weighted by molar-refractivity contribution is 6.31. The molecule has 220 valence electrons. The molecular weight excluding hydrogens is 558 g/mol. The standard InChI is InChI=1S/C32H34ClN3O6/c1-19-15-21(25-7-5-6-8-27(25)41-20(2)16-28(37)38)9-10-24(19)30(39)35-13-11-23(12-14-35)36-26-17-22(33)18-34-29(26)42-32(3,4)31(36)40/h5-10,15,17-18,20,23H,11-14,16H2,1-4H3,(H,37,38)/t20-/m1/s1. The van der Waals surface area contributed by atoms with Crippen LogP contribution in [0, 0.1) is 6.92 Å². The topological polar surface area (TPSA) is 109 Å². The normalized spacial score (nSPS) is 17.3. The number of fused-ring (bicyclic) bond motifs is 1. The van der Waals surface area contributed by atoms with Crippen molar-refractivity contribution in [3.05, 3.63) is 70.9 Å². The lowest BCUT2D eigenvalue weighted by Crippen LogP contribution is -2.58. The molecule has 1 fully saturated rings. The van der Waals surface area contributed by atoms with Gasteiger partial charge in [0.15, 0.2) is 5.60 Å². The summed E-state index contributed by atoms with van der Waals surface area (Å²) in [6.07, 6.45) is 2.12. The summed E-state index contributed by atoms with van der Waals surface area (Å²) in [5.74, 6) is -0.172. The predicted molar refractivity (Wildman–Crippen MR) is 159 cm³/mol. The van der Waals surface area contributed by atoms with Crippen molar-refractivity contribution in [3.63, 3.8) is 0 Å². The lowest BCUT2D eigenvalue weighted by Gasteiger charge is -2.44. The van der Waals surface area contributed by atoms with Gasteiger partial charge < -0.3 is 24.4 Å². The van der Waals surface area contributed by atoms with E-state index in [1.54, 1.807) is 31.7 Å². The lowest BCUT2D eigenvalue weighted by molar-refractivity contribution is -0.138. The molecule has 1 N–H and O–H groups in total. The Morgan fingerprint density at radius 1 is 1.17 bits per heavy atom. The van der Waals surface area contributed by atoms with E-state index in [0.29, 0.717) is 53.8 Å². The number of pyridine rings is 1. The molecule has 0 bridgehead atoms. The summed E-state index contributed by atoms with van der Waals surface area (Å²) in [5, 5.41) is 9.51. The van der Waals surface area contributed by atoms with Crippen LogP contribution < -0.4 is 14.4 Å². The van der Waals surface area contributed by atoms with E-state index in [-0.39, 0.29) is 24.3 Å². The Hall–Kier alpha value is -4.11. The Labute approximate surface area is 250 Å². The van der Waals surface area contributed by atoms with E-state index < -0.39 is 17.7 Å². The number of carboxylic acid groups (broad SMARTS) is 1. The molecule has 10 heteroatoms. The van der Waals surface area contributed by atoms with Gasteiger partial charge >= 0.3 is 5.97 Å². The first-order valence-corrected chi connectivity index (χ1v) is 14.4. The maximum atomic E-state index is 13.6. The molecule has 1 atom stereocenters. The zero-order chi connectivity index (χ0) is 30.2. The van der Waals surface area contributed by atoms with Crippen molar-refractivity contribution in [2.75, 3.05) is 18.0 Å². The number of amides is 2. The fourth-order valence-corrected chi connectivity index (χ4v) is 5.75. The van der Waals surface area contributed by atoms with Crippen LogP contribution in [0.4, 0.5) is 5.69 Å². The third-order valence-corrected chi connectivity index (χ3v) is 7.91. The molecule has 3 aromatic rings. The molecule has 42 heavy (non-hydrogen) atoms. The smallest absolute Gasteiger partial charge is 0.307 e. The minimum absolute atomic E-state index is 0.0594. The molecule has 0 unspecified atom stereocenters. The number of para-hydroxylation sites is 1. The number of halogens is 1. The zero-order valence-corrected chi connectivity index (χ0v) is 24.9. The third-order valence-electron chi connectivity index (χ3n) is 7.71. The van der Waals surface area contributed by atoms with Gasteiger partial charge in [-0.3, -0.25) is 14.4 Å². The van der Waals surface area contributed by atoms with Crippen LogP contribution in [0.15, 0.2) is 54.7 Å². The first kappa shape index (κ1) is 29.4. The monoisotopic (exact) mass is 591 g/mol. The number of nitrogens with zero attached hydrogens (tertiary/aromatic N) is 3. The summed E-state index contributed by atoms with van der Waals surface area (Å²) < 4.78 is 11.8. The SMILES string of the molecule is Cc1cc(-c2ccccc2O[C@H](C)CC(=O)O)ccc1C(=O)N1CCC(N2C(=O)C(C)(C)Oc3ncc(Cl)cc32)CC1. The average Bonchev–Trinajstić information content (AvgIpc) is 2.94. The van der Waals surface area contributed by atoms with Gasteiger partial charge in [0.1, 0.15) is 17.5 Å². The van der Waals surface area contributed by atoms with Crippen LogP contribution in [-0.4, -0.2) is 63.6 Å². The largest absolute Gasteiger partial charge is 0.489 e. The highest BCUT2D eigenvalue weighted by Crippen LogP contribution is 2.40. The summed E-state index contributed by atoms with van der Waals surface area (Å²) in [7, 11) is 0. The van der Waals surface area contributed by atoms with Gasteiger partial charge in [0, 0.05) is 36.5 Å². The van der Waals surface area contributed by atoms with Crippen molar-refractivity contribution in [3.8, 4) is 22.8 Å². The Bertz CT molecular complexity index is 1530. The van der Waals surface area contributed by atoms with Crippen molar-refractivity contribution in [1.29, 1.82) is 0 Å². The number of carbonyl (C=O) groups excluding carboxylic acids is 2. The summed E-state index contributed by atoms with van der Waals surface area (Å²) in [6, 6.07) is 14.7. The third kappa shape index (κ3) is 5.92. The molecule has 1 aromatic heterocycles. The number of piperidine rings is 1. The van der Waals surface area contributed by atoms with Crippen molar-refractivity contribution in [1.82, 2.24) is 9.88 Å². The first-order chi connectivity index (χ1) is 19.9. The second-order valence-corrected chi connectivity index (χ2v) is 11.8. The van der Waals surface area contributed by atoms with Gasteiger partial charge in [-0.05, 0) is 69.9 Å². The number of aromatic nitrogens is 1. The van der Waals surface area contributed by atoms with Gasteiger partial charge in [0.2, 0.25) is 5.88 Å². The molecule has 9 nitrogen and oxygen atoms in total. The van der Waals surface area contributed by atoms with Crippen LogP contribution in [-0.2, 0) is 9.59 Å². The molecule has 1 saturated heterocycles. The quantitative estimate of drug-likeness (QED) is 0.372. The average molecular weight is 592 g/mol. The molecule has 3 heterocycles. The number of aryl methyl sites for hydroxylation is 1. The molecule has 2 amide bonds. The van der Waals surface area contributed by atoms with E-state index in [9.17, 15) is 14.4 Å². The van der Waals surface area contributed by atoms with Crippen LogP contribution in [0.3, 0.4) is 0 Å². The van der Waals surface area contributed by atoms with E-state index in [2.05, 4.69) is 4.98 Å². The Morgan fingerprint density at radius 2 is 1.88 bits per heavy atom. The van der Waals surface area contributed by atoms with Crippen LogP contribution in [0.1, 0.15) is 56.0 Å². The van der Waals surface area contributed by atoms with Gasteiger partial charge in [-0.25, -0.2) is 4.98 Å². The number of hydrogen-bond acceptors (Lipinski definition) is 6. The molecule has 0 spiro atoms. The molecule has 2 aromatic carbocycles. The highest BCUT2D eigenvalue weighted by Gasteiger charge is 2.45. The predicted octanol–water partition coefficient (Wildman–Crippen LogP) is 5.76. The maximum absolute atomic E-state index is 13.6. The van der Waals surface area contributed by atoms with E-state index in [1.807, 2.05) is 54.3 Å². The number of anilines is 1. The number of benzene rings is 2. The minimum atomic E-state index is -1.06. The summed E-state index contributed by atoms with van der Waals surface area (Å²) >= 11 is 6.21. The van der Waals surface area contributed by atoms with Gasteiger partial charge in [0.25, 0.3) is 11.8 Å². The van der Waals surface area contributed by atoms with Crippen LogP contribution in [0.2, 0.25) is 5.02 Å². The van der Waals surface area contributed by atoms with Crippen molar-refractivity contribution < 1.29 is 29.0 Å². The fraction of sp³-hybridized carbons (Fsp3) is 0.375. The zero-order valence-electron chi connectivity index (χ0n) is 24.1. The van der Waals surface area contributed by atoms with Gasteiger partial charge in [-0.2, -0.15) is 0 Å². The minimum Gasteiger partial charge on any atom is -0.489 e. The van der Waals surface area contributed by atoms with E-state index in [0.717, 1.165) is 16.7 Å². The van der Waals surface area contributed by atoms with Gasteiger partial charge in [-0.1, -0.05) is 41.9 Å². The maximum Gasteiger partial charge on any atom is 0.307 e. The summed E-state index contributed by atoms with van der Waals surface area (Å²) in [5.41, 5.74) is 2.64. The number of rotatable bonds is 7. The van der Waals surface area contributed by atoms with E-state index in [4.69, 9.17) is 26.2 Å². The molecule has 2 aliphatic rings. The molecule has 0 radical (unpaired) electrons. The molecular formula is C32H34ClN3O6. The number of carbonyl (C=O) groups is 3. The van der Waals surface area contributed by atoms with Crippen molar-refractivity contribution in [2.45, 2.75) is 64.7 Å². The second-order valence-electron chi connectivity index (χ2n) is 11.3. The van der Waals surface area contributed by atoms with Gasteiger partial charge in [-0.15, -0.1) is 0 Å². The number of likely N-dealkylation sites (tertiary alicyclic amines) is 1. The van der Waals surface area contributed by atoms with E-state index in [1.165, 1.54) is 6.20 Å². The number of hydrogen-bond donors (Lipinski definition) is 1. The van der Waals surface area contributed by atoms with Crippen molar-refractivity contribution >= 4 is 35.1 Å². The number of ether oxygens (including phenoxy) is 2. The highest BCUT2D eigenvalue weighted by atomic mass is 35.5. The summed E-state index contributed by atoms with van der Waals surface area (Å²) in [4.78, 5) is 46.0. The number of carboxylic acids is 1. The Morgan fingerprint density at radius 3 is 2.57 bits per heavy atom. The van der Waals surface area contributed by atoms with Crippen molar-refractivity contribution in [2.24, 2.45) is 0 Å². The molecule has 0 aliphatic carbocycles. The lowest BCUT2D eigenvalue weighted by atomic mass is 9.95. The van der Waals surface area contributed by atoms with Crippen LogP contribution >= 0.6 is 11.6 Å². The fourth-order valence-electron chi connectivity index (χ4n) is 5.60.